The van der Waals surface area contributed by atoms with E-state index in [0.29, 0.717) is 6.04 Å². The number of rotatable bonds is 4. The van der Waals surface area contributed by atoms with Crippen LogP contribution in [0.1, 0.15) is 38.9 Å². The lowest BCUT2D eigenvalue weighted by Crippen LogP contribution is -2.51. The van der Waals surface area contributed by atoms with Gasteiger partial charge in [0.15, 0.2) is 0 Å². The lowest BCUT2D eigenvalue weighted by molar-refractivity contribution is 0.199. The van der Waals surface area contributed by atoms with Gasteiger partial charge in [0, 0.05) is 31.7 Å². The van der Waals surface area contributed by atoms with Gasteiger partial charge in [0.1, 0.15) is 0 Å². The van der Waals surface area contributed by atoms with Crippen LogP contribution < -0.4 is 10.6 Å². The molecule has 1 aliphatic rings. The van der Waals surface area contributed by atoms with Crippen molar-refractivity contribution in [1.82, 2.24) is 9.88 Å². The summed E-state index contributed by atoms with van der Waals surface area (Å²) in [6, 6.07) is 4.90. The number of nitrogens with zero attached hydrogens (tertiary/aromatic N) is 3. The quantitative estimate of drug-likeness (QED) is 0.902. The third-order valence-corrected chi connectivity index (χ3v) is 4.13. The lowest BCUT2D eigenvalue weighted by Gasteiger charge is -2.40. The summed E-state index contributed by atoms with van der Waals surface area (Å²) in [6.07, 6.45) is 2.90. The SMILES string of the molecule is CCC(N)c1ccc(N2CCN(CC)C(C)C2)cn1. The van der Waals surface area contributed by atoms with E-state index >= 15 is 0 Å². The van der Waals surface area contributed by atoms with Crippen LogP contribution in [-0.4, -0.2) is 42.1 Å². The minimum Gasteiger partial charge on any atom is -0.367 e. The molecule has 0 spiro atoms. The van der Waals surface area contributed by atoms with Crippen LogP contribution in [0, 0.1) is 0 Å². The van der Waals surface area contributed by atoms with Crippen molar-refractivity contribution in [2.24, 2.45) is 5.73 Å². The summed E-state index contributed by atoms with van der Waals surface area (Å²) in [6.45, 7) is 11.0. The van der Waals surface area contributed by atoms with E-state index in [0.717, 1.165) is 38.3 Å². The van der Waals surface area contributed by atoms with Gasteiger partial charge >= 0.3 is 0 Å². The standard InChI is InChI=1S/C15H26N4/c1-4-14(16)15-7-6-13(10-17-15)19-9-8-18(5-2)12(3)11-19/h6-7,10,12,14H,4-5,8-9,11,16H2,1-3H3. The molecule has 0 aromatic carbocycles. The summed E-state index contributed by atoms with van der Waals surface area (Å²) in [4.78, 5) is 9.45. The Balaban J connectivity index is 2.03. The largest absolute Gasteiger partial charge is 0.367 e. The monoisotopic (exact) mass is 262 g/mol. The first-order chi connectivity index (χ1) is 9.15. The maximum Gasteiger partial charge on any atom is 0.0572 e. The zero-order valence-corrected chi connectivity index (χ0v) is 12.3. The van der Waals surface area contributed by atoms with Gasteiger partial charge in [0.05, 0.1) is 17.6 Å². The zero-order chi connectivity index (χ0) is 13.8. The van der Waals surface area contributed by atoms with E-state index in [4.69, 9.17) is 5.73 Å². The number of nitrogens with two attached hydrogens (primary N) is 1. The molecule has 106 valence electrons. The second-order valence-corrected chi connectivity index (χ2v) is 5.38. The number of hydrogen-bond acceptors (Lipinski definition) is 4. The molecule has 2 rings (SSSR count). The Morgan fingerprint density at radius 3 is 2.68 bits per heavy atom. The third-order valence-electron chi connectivity index (χ3n) is 4.13. The minimum absolute atomic E-state index is 0.0601. The van der Waals surface area contributed by atoms with E-state index in [1.807, 2.05) is 6.20 Å². The van der Waals surface area contributed by atoms with Crippen molar-refractivity contribution >= 4 is 5.69 Å². The van der Waals surface area contributed by atoms with Gasteiger partial charge in [-0.1, -0.05) is 13.8 Å². The average Bonchev–Trinajstić information content (AvgIpc) is 2.46. The molecule has 4 nitrogen and oxygen atoms in total. The Bertz CT molecular complexity index is 390. The van der Waals surface area contributed by atoms with Crippen LogP contribution in [0.25, 0.3) is 0 Å². The normalized spacial score (nSPS) is 22.5. The molecule has 0 amide bonds. The molecule has 0 aliphatic carbocycles. The molecule has 1 aliphatic heterocycles. The maximum atomic E-state index is 6.00. The van der Waals surface area contributed by atoms with Crippen LogP contribution in [0.5, 0.6) is 0 Å². The second-order valence-electron chi connectivity index (χ2n) is 5.38. The summed E-state index contributed by atoms with van der Waals surface area (Å²) in [5, 5.41) is 0. The Morgan fingerprint density at radius 1 is 1.37 bits per heavy atom. The fourth-order valence-electron chi connectivity index (χ4n) is 2.71. The smallest absolute Gasteiger partial charge is 0.0572 e. The molecule has 1 aromatic rings. The zero-order valence-electron chi connectivity index (χ0n) is 12.3. The number of aromatic nitrogens is 1. The van der Waals surface area contributed by atoms with E-state index in [1.54, 1.807) is 0 Å². The Hall–Kier alpha value is -1.13. The van der Waals surface area contributed by atoms with Gasteiger partial charge in [0.2, 0.25) is 0 Å². The first-order valence-corrected chi connectivity index (χ1v) is 7.36. The number of piperazine rings is 1. The van der Waals surface area contributed by atoms with Crippen molar-refractivity contribution in [2.45, 2.75) is 39.3 Å². The van der Waals surface area contributed by atoms with Crippen LogP contribution in [0.2, 0.25) is 0 Å². The molecule has 2 heterocycles. The van der Waals surface area contributed by atoms with Gasteiger partial charge < -0.3 is 10.6 Å². The van der Waals surface area contributed by atoms with Gasteiger partial charge in [-0.3, -0.25) is 9.88 Å². The first kappa shape index (κ1) is 14.3. The molecule has 2 atom stereocenters. The molecule has 0 radical (unpaired) electrons. The van der Waals surface area contributed by atoms with Crippen molar-refractivity contribution in [3.8, 4) is 0 Å². The lowest BCUT2D eigenvalue weighted by atomic mass is 10.1. The minimum atomic E-state index is 0.0601. The van der Waals surface area contributed by atoms with Crippen LogP contribution >= 0.6 is 0 Å². The van der Waals surface area contributed by atoms with Gasteiger partial charge in [-0.15, -0.1) is 0 Å². The summed E-state index contributed by atoms with van der Waals surface area (Å²) in [5.74, 6) is 0. The molecule has 0 bridgehead atoms. The summed E-state index contributed by atoms with van der Waals surface area (Å²) in [7, 11) is 0. The van der Waals surface area contributed by atoms with E-state index in [2.05, 4.69) is 47.7 Å². The van der Waals surface area contributed by atoms with Gasteiger partial charge in [-0.05, 0) is 32.0 Å². The predicted molar refractivity (Wildman–Crippen MR) is 80.4 cm³/mol. The van der Waals surface area contributed by atoms with Crippen LogP contribution in [0.15, 0.2) is 18.3 Å². The van der Waals surface area contributed by atoms with Crippen molar-refractivity contribution < 1.29 is 0 Å². The fourth-order valence-corrected chi connectivity index (χ4v) is 2.71. The molecule has 1 aromatic heterocycles. The summed E-state index contributed by atoms with van der Waals surface area (Å²) < 4.78 is 0. The summed E-state index contributed by atoms with van der Waals surface area (Å²) >= 11 is 0. The third kappa shape index (κ3) is 3.25. The number of anilines is 1. The molecule has 2 N–H and O–H groups in total. The highest BCUT2D eigenvalue weighted by Gasteiger charge is 2.22. The highest BCUT2D eigenvalue weighted by atomic mass is 15.3. The molecular formula is C15H26N4. The Kier molecular flexibility index (Phi) is 4.77. The Morgan fingerprint density at radius 2 is 2.16 bits per heavy atom. The second kappa shape index (κ2) is 6.35. The van der Waals surface area contributed by atoms with E-state index in [9.17, 15) is 0 Å². The van der Waals surface area contributed by atoms with Gasteiger partial charge in [-0.25, -0.2) is 0 Å². The van der Waals surface area contributed by atoms with Crippen LogP contribution in [0.4, 0.5) is 5.69 Å². The topological polar surface area (TPSA) is 45.4 Å². The molecule has 4 heteroatoms. The number of likely N-dealkylation sites (N-methyl/N-ethyl adjacent to an activating group) is 1. The van der Waals surface area contributed by atoms with Crippen LogP contribution in [-0.2, 0) is 0 Å². The van der Waals surface area contributed by atoms with E-state index < -0.39 is 0 Å². The highest BCUT2D eigenvalue weighted by Crippen LogP contribution is 2.20. The molecule has 1 fully saturated rings. The molecule has 1 saturated heterocycles. The van der Waals surface area contributed by atoms with Gasteiger partial charge in [-0.2, -0.15) is 0 Å². The highest BCUT2D eigenvalue weighted by molar-refractivity contribution is 5.45. The maximum absolute atomic E-state index is 6.00. The molecule has 19 heavy (non-hydrogen) atoms. The van der Waals surface area contributed by atoms with Crippen LogP contribution in [0.3, 0.4) is 0 Å². The molecule has 2 unspecified atom stereocenters. The summed E-state index contributed by atoms with van der Waals surface area (Å²) in [5.41, 5.74) is 8.21. The number of pyridine rings is 1. The Labute approximate surface area is 116 Å². The number of hydrogen-bond donors (Lipinski definition) is 1. The van der Waals surface area contributed by atoms with E-state index in [1.165, 1.54) is 5.69 Å². The van der Waals surface area contributed by atoms with Crippen molar-refractivity contribution in [3.05, 3.63) is 24.0 Å². The van der Waals surface area contributed by atoms with Gasteiger partial charge in [0.25, 0.3) is 0 Å². The van der Waals surface area contributed by atoms with Crippen molar-refractivity contribution in [2.75, 3.05) is 31.1 Å². The van der Waals surface area contributed by atoms with E-state index in [-0.39, 0.29) is 6.04 Å². The van der Waals surface area contributed by atoms with Crippen molar-refractivity contribution in [3.63, 3.8) is 0 Å². The molecular weight excluding hydrogens is 236 g/mol. The predicted octanol–water partition coefficient (Wildman–Crippen LogP) is 2.02. The van der Waals surface area contributed by atoms with Crippen molar-refractivity contribution in [1.29, 1.82) is 0 Å². The fraction of sp³-hybridized carbons (Fsp3) is 0.667. The average molecular weight is 262 g/mol. The molecule has 0 saturated carbocycles. The first-order valence-electron chi connectivity index (χ1n) is 7.36.